The van der Waals surface area contributed by atoms with Gasteiger partial charge in [0.25, 0.3) is 0 Å². The van der Waals surface area contributed by atoms with Gasteiger partial charge >= 0.3 is 12.3 Å². The molecular weight excluding hydrogens is 338 g/mol. The van der Waals surface area contributed by atoms with Gasteiger partial charge in [-0.1, -0.05) is 0 Å². The molecule has 0 saturated heterocycles. The number of ether oxygens (including phenoxy) is 1. The third-order valence-electron chi connectivity index (χ3n) is 3.00. The van der Waals surface area contributed by atoms with E-state index < -0.39 is 23.0 Å². The maximum atomic E-state index is 12.4. The topological polar surface area (TPSA) is 108 Å². The monoisotopic (exact) mass is 348 g/mol. The molecule has 0 spiro atoms. The van der Waals surface area contributed by atoms with Gasteiger partial charge in [-0.15, -0.1) is 0 Å². The lowest BCUT2D eigenvalue weighted by molar-refractivity contribution is -0.386. The standard InChI is InChI=1S/C14H10F2N6O3/c15-13(16)25-12-6-9(2-3-11(12)22(23)24)20-10-7-19-21(8-10)14-17-4-1-5-18-14/h1-8,13,20H. The summed E-state index contributed by atoms with van der Waals surface area (Å²) in [6.45, 7) is -3.17. The summed E-state index contributed by atoms with van der Waals surface area (Å²) >= 11 is 0. The number of hydrogen-bond acceptors (Lipinski definition) is 7. The first-order valence-corrected chi connectivity index (χ1v) is 6.85. The highest BCUT2D eigenvalue weighted by Gasteiger charge is 2.19. The quantitative estimate of drug-likeness (QED) is 0.539. The van der Waals surface area contributed by atoms with Crippen LogP contribution in [0.3, 0.4) is 0 Å². The minimum absolute atomic E-state index is 0.315. The minimum Gasteiger partial charge on any atom is -0.427 e. The average Bonchev–Trinajstić information content (AvgIpc) is 3.03. The summed E-state index contributed by atoms with van der Waals surface area (Å²) in [5, 5.41) is 17.8. The second-order valence-electron chi connectivity index (χ2n) is 4.67. The van der Waals surface area contributed by atoms with Crippen LogP contribution in [0.2, 0.25) is 0 Å². The van der Waals surface area contributed by atoms with Crippen molar-refractivity contribution in [3.8, 4) is 11.7 Å². The largest absolute Gasteiger partial charge is 0.427 e. The second kappa shape index (κ2) is 6.86. The van der Waals surface area contributed by atoms with Crippen molar-refractivity contribution < 1.29 is 18.4 Å². The number of alkyl halides is 2. The zero-order valence-corrected chi connectivity index (χ0v) is 12.4. The van der Waals surface area contributed by atoms with Crippen molar-refractivity contribution in [1.82, 2.24) is 19.7 Å². The maximum absolute atomic E-state index is 12.4. The molecular formula is C14H10F2N6O3. The minimum atomic E-state index is -3.17. The van der Waals surface area contributed by atoms with E-state index >= 15 is 0 Å². The van der Waals surface area contributed by atoms with Gasteiger partial charge < -0.3 is 10.1 Å². The first-order chi connectivity index (χ1) is 12.0. The van der Waals surface area contributed by atoms with Crippen LogP contribution in [0.4, 0.5) is 25.8 Å². The fraction of sp³-hybridized carbons (Fsp3) is 0.0714. The number of nitrogens with zero attached hydrogens (tertiary/aromatic N) is 5. The Morgan fingerprint density at radius 1 is 1.24 bits per heavy atom. The molecule has 0 aliphatic heterocycles. The summed E-state index contributed by atoms with van der Waals surface area (Å²) in [5.74, 6) is -0.190. The Balaban J connectivity index is 1.83. The zero-order chi connectivity index (χ0) is 17.8. The van der Waals surface area contributed by atoms with Crippen molar-refractivity contribution in [2.24, 2.45) is 0 Å². The Labute approximate surface area is 139 Å². The van der Waals surface area contributed by atoms with Crippen LogP contribution < -0.4 is 10.1 Å². The molecule has 9 nitrogen and oxygen atoms in total. The first kappa shape index (κ1) is 16.2. The number of halogens is 2. The molecule has 0 radical (unpaired) electrons. The van der Waals surface area contributed by atoms with Crippen LogP contribution in [0.25, 0.3) is 5.95 Å². The summed E-state index contributed by atoms with van der Waals surface area (Å²) in [7, 11) is 0. The molecule has 0 unspecified atom stereocenters. The third kappa shape index (κ3) is 3.83. The molecule has 0 aliphatic rings. The van der Waals surface area contributed by atoms with Gasteiger partial charge in [-0.2, -0.15) is 13.9 Å². The lowest BCUT2D eigenvalue weighted by atomic mass is 10.2. The normalized spacial score (nSPS) is 10.7. The fourth-order valence-electron chi connectivity index (χ4n) is 2.01. The molecule has 0 bridgehead atoms. The Morgan fingerprint density at radius 3 is 2.68 bits per heavy atom. The Kier molecular flexibility index (Phi) is 4.46. The first-order valence-electron chi connectivity index (χ1n) is 6.85. The number of rotatable bonds is 6. The molecule has 128 valence electrons. The van der Waals surface area contributed by atoms with Crippen LogP contribution in [0, 0.1) is 10.1 Å². The SMILES string of the molecule is O=[N+]([O-])c1ccc(Nc2cnn(-c3ncccn3)c2)cc1OC(F)F. The molecule has 2 heterocycles. The summed E-state index contributed by atoms with van der Waals surface area (Å²) in [4.78, 5) is 18.1. The van der Waals surface area contributed by atoms with E-state index in [4.69, 9.17) is 0 Å². The van der Waals surface area contributed by atoms with Gasteiger partial charge in [0, 0.05) is 30.2 Å². The number of nitrogens with one attached hydrogen (secondary N) is 1. The molecule has 11 heteroatoms. The highest BCUT2D eigenvalue weighted by molar-refractivity contribution is 5.64. The molecule has 2 aromatic heterocycles. The Bertz CT molecular complexity index is 887. The van der Waals surface area contributed by atoms with Gasteiger partial charge in [0.2, 0.25) is 11.7 Å². The average molecular weight is 348 g/mol. The van der Waals surface area contributed by atoms with Gasteiger partial charge in [-0.3, -0.25) is 10.1 Å². The number of nitro groups is 1. The fourth-order valence-corrected chi connectivity index (χ4v) is 2.01. The van der Waals surface area contributed by atoms with Crippen molar-refractivity contribution in [3.05, 3.63) is 59.2 Å². The number of hydrogen-bond donors (Lipinski definition) is 1. The predicted molar refractivity (Wildman–Crippen MR) is 82.2 cm³/mol. The van der Waals surface area contributed by atoms with Crippen molar-refractivity contribution in [2.75, 3.05) is 5.32 Å². The molecule has 3 rings (SSSR count). The highest BCUT2D eigenvalue weighted by Crippen LogP contribution is 2.32. The van der Waals surface area contributed by atoms with Crippen molar-refractivity contribution >= 4 is 17.1 Å². The number of aromatic nitrogens is 4. The molecule has 25 heavy (non-hydrogen) atoms. The van der Waals surface area contributed by atoms with E-state index in [1.54, 1.807) is 24.7 Å². The maximum Gasteiger partial charge on any atom is 0.387 e. The van der Waals surface area contributed by atoms with Crippen molar-refractivity contribution in [1.29, 1.82) is 0 Å². The highest BCUT2D eigenvalue weighted by atomic mass is 19.3. The Hall–Kier alpha value is -3.63. The van der Waals surface area contributed by atoms with Crippen LogP contribution in [-0.4, -0.2) is 31.3 Å². The number of nitro benzene ring substituents is 1. The third-order valence-corrected chi connectivity index (χ3v) is 3.00. The van der Waals surface area contributed by atoms with Crippen molar-refractivity contribution in [2.45, 2.75) is 6.61 Å². The molecule has 0 amide bonds. The summed E-state index contributed by atoms with van der Waals surface area (Å²) in [5.41, 5.74) is 0.262. The molecule has 1 N–H and O–H groups in total. The molecule has 0 saturated carbocycles. The van der Waals surface area contributed by atoms with Gasteiger partial charge in [-0.05, 0) is 12.1 Å². The zero-order valence-electron chi connectivity index (χ0n) is 12.4. The molecule has 0 atom stereocenters. The number of benzene rings is 1. The van der Waals surface area contributed by atoms with Gasteiger partial charge in [-0.25, -0.2) is 14.6 Å². The van der Waals surface area contributed by atoms with E-state index in [1.807, 2.05) is 0 Å². The molecule has 0 aliphatic carbocycles. The number of anilines is 2. The summed E-state index contributed by atoms with van der Waals surface area (Å²) < 4.78 is 30.5. The van der Waals surface area contributed by atoms with Crippen molar-refractivity contribution in [3.63, 3.8) is 0 Å². The van der Waals surface area contributed by atoms with E-state index in [-0.39, 0.29) is 0 Å². The van der Waals surface area contributed by atoms with Crippen LogP contribution in [0.15, 0.2) is 49.1 Å². The molecule has 1 aromatic carbocycles. The summed E-state index contributed by atoms with van der Waals surface area (Å²) in [6, 6.07) is 5.21. The van der Waals surface area contributed by atoms with E-state index in [0.717, 1.165) is 12.1 Å². The van der Waals surface area contributed by atoms with Gasteiger partial charge in [0.1, 0.15) is 0 Å². The van der Waals surface area contributed by atoms with E-state index in [2.05, 4.69) is 25.1 Å². The van der Waals surface area contributed by atoms with Crippen LogP contribution >= 0.6 is 0 Å². The van der Waals surface area contributed by atoms with Gasteiger partial charge in [0.05, 0.1) is 23.0 Å². The van der Waals surface area contributed by atoms with E-state index in [1.165, 1.54) is 16.9 Å². The van der Waals surface area contributed by atoms with Crippen LogP contribution in [0.5, 0.6) is 5.75 Å². The predicted octanol–water partition coefficient (Wildman–Crippen LogP) is 2.92. The Morgan fingerprint density at radius 2 is 2.00 bits per heavy atom. The lowest BCUT2D eigenvalue weighted by Gasteiger charge is -2.08. The lowest BCUT2D eigenvalue weighted by Crippen LogP contribution is -2.05. The van der Waals surface area contributed by atoms with E-state index in [9.17, 15) is 18.9 Å². The molecule has 3 aromatic rings. The van der Waals surface area contributed by atoms with Crippen LogP contribution in [0.1, 0.15) is 0 Å². The van der Waals surface area contributed by atoms with Gasteiger partial charge in [0.15, 0.2) is 0 Å². The summed E-state index contributed by atoms with van der Waals surface area (Å²) in [6.07, 6.45) is 6.15. The second-order valence-corrected chi connectivity index (χ2v) is 4.67. The molecule has 0 fully saturated rings. The smallest absolute Gasteiger partial charge is 0.387 e. The van der Waals surface area contributed by atoms with E-state index in [0.29, 0.717) is 17.3 Å². The van der Waals surface area contributed by atoms with Crippen LogP contribution in [-0.2, 0) is 0 Å².